The number of amides is 2. The molecule has 0 bridgehead atoms. The number of aliphatic carboxylic acids is 1. The predicted octanol–water partition coefficient (Wildman–Crippen LogP) is 1.53. The van der Waals surface area contributed by atoms with E-state index in [9.17, 15) is 9.59 Å². The van der Waals surface area contributed by atoms with Gasteiger partial charge in [-0.05, 0) is 37.1 Å². The fourth-order valence-electron chi connectivity index (χ4n) is 1.53. The third kappa shape index (κ3) is 3.79. The number of nitrogens with zero attached hydrogens (tertiary/aromatic N) is 1. The first kappa shape index (κ1) is 13.0. The Morgan fingerprint density at radius 3 is 2.24 bits per heavy atom. The standard InChI is InChI=1S/C12H16N2O3/c1-8-4-9(2)6-10(5-8)14(3)12(17)13-7-11(15)16/h4-6H,7H2,1-3H3,(H,13,17)(H,15,16). The molecule has 0 atom stereocenters. The Morgan fingerprint density at radius 2 is 1.76 bits per heavy atom. The number of carbonyl (C=O) groups excluding carboxylic acids is 1. The average Bonchev–Trinajstić information content (AvgIpc) is 2.23. The lowest BCUT2D eigenvalue weighted by Crippen LogP contribution is -2.39. The van der Waals surface area contributed by atoms with Crippen molar-refractivity contribution in [2.45, 2.75) is 13.8 Å². The highest BCUT2D eigenvalue weighted by Gasteiger charge is 2.11. The van der Waals surface area contributed by atoms with Crippen LogP contribution in [-0.2, 0) is 4.79 Å². The Labute approximate surface area is 100 Å². The van der Waals surface area contributed by atoms with Crippen LogP contribution in [0.25, 0.3) is 0 Å². The predicted molar refractivity (Wildman–Crippen MR) is 65.4 cm³/mol. The SMILES string of the molecule is Cc1cc(C)cc(N(C)C(=O)NCC(=O)O)c1. The molecule has 0 aliphatic heterocycles. The van der Waals surface area contributed by atoms with E-state index in [4.69, 9.17) is 5.11 Å². The Morgan fingerprint density at radius 1 is 1.24 bits per heavy atom. The lowest BCUT2D eigenvalue weighted by Gasteiger charge is -2.18. The van der Waals surface area contributed by atoms with Crippen LogP contribution < -0.4 is 10.2 Å². The lowest BCUT2D eigenvalue weighted by atomic mass is 10.1. The third-order valence-electron chi connectivity index (χ3n) is 2.29. The van der Waals surface area contributed by atoms with E-state index in [2.05, 4.69) is 5.32 Å². The van der Waals surface area contributed by atoms with Crippen molar-refractivity contribution in [3.63, 3.8) is 0 Å². The monoisotopic (exact) mass is 236 g/mol. The van der Waals surface area contributed by atoms with E-state index in [0.717, 1.165) is 16.8 Å². The summed E-state index contributed by atoms with van der Waals surface area (Å²) in [5.41, 5.74) is 2.85. The Bertz CT molecular complexity index is 423. The van der Waals surface area contributed by atoms with Gasteiger partial charge in [-0.15, -0.1) is 0 Å². The summed E-state index contributed by atoms with van der Waals surface area (Å²) in [7, 11) is 1.60. The minimum atomic E-state index is -1.06. The second-order valence-corrected chi connectivity index (χ2v) is 3.96. The van der Waals surface area contributed by atoms with Crippen LogP contribution in [0.1, 0.15) is 11.1 Å². The first-order chi connectivity index (χ1) is 7.90. The number of aryl methyl sites for hydroxylation is 2. The van der Waals surface area contributed by atoms with Crippen molar-refractivity contribution in [1.29, 1.82) is 0 Å². The molecule has 0 heterocycles. The van der Waals surface area contributed by atoms with Gasteiger partial charge in [0.15, 0.2) is 0 Å². The van der Waals surface area contributed by atoms with Crippen LogP contribution in [0.15, 0.2) is 18.2 Å². The third-order valence-corrected chi connectivity index (χ3v) is 2.29. The first-order valence-corrected chi connectivity index (χ1v) is 5.22. The van der Waals surface area contributed by atoms with E-state index in [-0.39, 0.29) is 6.54 Å². The van der Waals surface area contributed by atoms with Crippen LogP contribution in [0.5, 0.6) is 0 Å². The molecular weight excluding hydrogens is 220 g/mol. The van der Waals surface area contributed by atoms with Crippen molar-refractivity contribution in [3.8, 4) is 0 Å². The summed E-state index contributed by atoms with van der Waals surface area (Å²) in [5, 5.41) is 10.8. The van der Waals surface area contributed by atoms with Gasteiger partial charge in [-0.3, -0.25) is 9.69 Å². The van der Waals surface area contributed by atoms with Crippen molar-refractivity contribution in [1.82, 2.24) is 5.32 Å². The molecule has 5 heteroatoms. The number of rotatable bonds is 3. The summed E-state index contributed by atoms with van der Waals surface area (Å²) in [4.78, 5) is 23.4. The van der Waals surface area contributed by atoms with Gasteiger partial charge in [0.05, 0.1) is 0 Å². The minimum absolute atomic E-state index is 0.381. The van der Waals surface area contributed by atoms with E-state index < -0.39 is 12.0 Å². The normalized spacial score (nSPS) is 9.82. The molecule has 0 spiro atoms. The first-order valence-electron chi connectivity index (χ1n) is 5.22. The highest BCUT2D eigenvalue weighted by Crippen LogP contribution is 2.17. The largest absolute Gasteiger partial charge is 0.480 e. The molecule has 5 nitrogen and oxygen atoms in total. The zero-order valence-corrected chi connectivity index (χ0v) is 10.2. The molecular formula is C12H16N2O3. The highest BCUT2D eigenvalue weighted by atomic mass is 16.4. The van der Waals surface area contributed by atoms with Crippen molar-refractivity contribution in [3.05, 3.63) is 29.3 Å². The number of benzene rings is 1. The van der Waals surface area contributed by atoms with Gasteiger partial charge in [-0.25, -0.2) is 4.79 Å². The van der Waals surface area contributed by atoms with Crippen LogP contribution in [0, 0.1) is 13.8 Å². The molecule has 92 valence electrons. The number of anilines is 1. The topological polar surface area (TPSA) is 69.6 Å². The molecule has 0 fully saturated rings. The Balaban J connectivity index is 2.77. The van der Waals surface area contributed by atoms with Gasteiger partial charge >= 0.3 is 12.0 Å². The summed E-state index contributed by atoms with van der Waals surface area (Å²) in [5.74, 6) is -1.06. The van der Waals surface area contributed by atoms with Gasteiger partial charge in [0.1, 0.15) is 6.54 Å². The maximum absolute atomic E-state index is 11.6. The maximum atomic E-state index is 11.6. The molecule has 2 N–H and O–H groups in total. The maximum Gasteiger partial charge on any atom is 0.323 e. The molecule has 0 aromatic heterocycles. The molecule has 0 saturated carbocycles. The van der Waals surface area contributed by atoms with Gasteiger partial charge in [-0.2, -0.15) is 0 Å². The second-order valence-electron chi connectivity index (χ2n) is 3.96. The van der Waals surface area contributed by atoms with Crippen molar-refractivity contribution in [2.75, 3.05) is 18.5 Å². The molecule has 0 saturated heterocycles. The van der Waals surface area contributed by atoms with Crippen molar-refractivity contribution in [2.24, 2.45) is 0 Å². The van der Waals surface area contributed by atoms with E-state index in [1.807, 2.05) is 32.0 Å². The smallest absolute Gasteiger partial charge is 0.323 e. The highest BCUT2D eigenvalue weighted by molar-refractivity contribution is 5.93. The molecule has 0 radical (unpaired) electrons. The summed E-state index contributed by atoms with van der Waals surface area (Å²) in [6.45, 7) is 3.51. The van der Waals surface area contributed by atoms with E-state index in [0.29, 0.717) is 0 Å². The van der Waals surface area contributed by atoms with Crippen LogP contribution >= 0.6 is 0 Å². The quantitative estimate of drug-likeness (QED) is 0.836. The van der Waals surface area contributed by atoms with Crippen LogP contribution in [0.4, 0.5) is 10.5 Å². The van der Waals surface area contributed by atoms with Gasteiger partial charge < -0.3 is 10.4 Å². The fourth-order valence-corrected chi connectivity index (χ4v) is 1.53. The van der Waals surface area contributed by atoms with E-state index >= 15 is 0 Å². The number of urea groups is 1. The Kier molecular flexibility index (Phi) is 4.09. The van der Waals surface area contributed by atoms with E-state index in [1.165, 1.54) is 4.90 Å². The summed E-state index contributed by atoms with van der Waals surface area (Å²) in [6, 6.07) is 5.31. The average molecular weight is 236 g/mol. The number of carboxylic acids is 1. The molecule has 0 aliphatic rings. The molecule has 0 aliphatic carbocycles. The molecule has 1 aromatic carbocycles. The number of carbonyl (C=O) groups is 2. The van der Waals surface area contributed by atoms with Crippen molar-refractivity contribution < 1.29 is 14.7 Å². The summed E-state index contributed by atoms with van der Waals surface area (Å²) >= 11 is 0. The molecule has 2 amide bonds. The molecule has 0 unspecified atom stereocenters. The molecule has 1 aromatic rings. The van der Waals surface area contributed by atoms with Crippen molar-refractivity contribution >= 4 is 17.7 Å². The zero-order chi connectivity index (χ0) is 13.0. The minimum Gasteiger partial charge on any atom is -0.480 e. The van der Waals surface area contributed by atoms with Crippen LogP contribution in [-0.4, -0.2) is 30.7 Å². The van der Waals surface area contributed by atoms with Gasteiger partial charge in [0.25, 0.3) is 0 Å². The molecule has 17 heavy (non-hydrogen) atoms. The van der Waals surface area contributed by atoms with Crippen LogP contribution in [0.3, 0.4) is 0 Å². The van der Waals surface area contributed by atoms with Gasteiger partial charge in [-0.1, -0.05) is 6.07 Å². The van der Waals surface area contributed by atoms with Gasteiger partial charge in [0, 0.05) is 12.7 Å². The van der Waals surface area contributed by atoms with Crippen LogP contribution in [0.2, 0.25) is 0 Å². The zero-order valence-electron chi connectivity index (χ0n) is 10.2. The number of hydrogen-bond donors (Lipinski definition) is 2. The Hall–Kier alpha value is -2.04. The number of nitrogens with one attached hydrogen (secondary N) is 1. The number of hydrogen-bond acceptors (Lipinski definition) is 2. The lowest BCUT2D eigenvalue weighted by molar-refractivity contribution is -0.135. The second kappa shape index (κ2) is 5.34. The fraction of sp³-hybridized carbons (Fsp3) is 0.333. The summed E-state index contributed by atoms with van der Waals surface area (Å²) in [6.07, 6.45) is 0. The molecule has 1 rings (SSSR count). The van der Waals surface area contributed by atoms with E-state index in [1.54, 1.807) is 7.05 Å². The van der Waals surface area contributed by atoms with Gasteiger partial charge in [0.2, 0.25) is 0 Å². The number of carboxylic acid groups (broad SMARTS) is 1. The summed E-state index contributed by atoms with van der Waals surface area (Å²) < 4.78 is 0.